The Morgan fingerprint density at radius 3 is 2.88 bits per heavy atom. The molecule has 17 heavy (non-hydrogen) atoms. The summed E-state index contributed by atoms with van der Waals surface area (Å²) in [6.07, 6.45) is 3.38. The van der Waals surface area contributed by atoms with Gasteiger partial charge in [0.2, 0.25) is 0 Å². The number of nitrogens with one attached hydrogen (secondary N) is 1. The highest BCUT2D eigenvalue weighted by Crippen LogP contribution is 2.30. The van der Waals surface area contributed by atoms with Crippen LogP contribution in [0.4, 0.5) is 0 Å². The minimum absolute atomic E-state index is 0.00149. The number of rotatable bonds is 4. The van der Waals surface area contributed by atoms with Crippen molar-refractivity contribution in [2.45, 2.75) is 44.8 Å². The van der Waals surface area contributed by atoms with Crippen LogP contribution in [0.15, 0.2) is 24.3 Å². The Morgan fingerprint density at radius 2 is 2.29 bits per heavy atom. The molecule has 0 aromatic heterocycles. The SMILES string of the molecule is CNC(Cc1cccc(C)c1)C1(C)CCCO1. The van der Waals surface area contributed by atoms with Gasteiger partial charge in [-0.3, -0.25) is 0 Å². The lowest BCUT2D eigenvalue weighted by Gasteiger charge is -2.33. The van der Waals surface area contributed by atoms with Crippen molar-refractivity contribution in [3.8, 4) is 0 Å². The topological polar surface area (TPSA) is 21.3 Å². The Balaban J connectivity index is 2.09. The molecule has 1 aliphatic rings. The van der Waals surface area contributed by atoms with Crippen LogP contribution in [0.3, 0.4) is 0 Å². The van der Waals surface area contributed by atoms with Gasteiger partial charge in [0.25, 0.3) is 0 Å². The van der Waals surface area contributed by atoms with Crippen LogP contribution in [0, 0.1) is 6.92 Å². The van der Waals surface area contributed by atoms with Gasteiger partial charge in [0.05, 0.1) is 5.60 Å². The van der Waals surface area contributed by atoms with Crippen LogP contribution in [0.1, 0.15) is 30.9 Å². The maximum absolute atomic E-state index is 5.93. The third-order valence-electron chi connectivity index (χ3n) is 3.86. The van der Waals surface area contributed by atoms with Gasteiger partial charge in [-0.25, -0.2) is 0 Å². The maximum Gasteiger partial charge on any atom is 0.0810 e. The number of hydrogen-bond acceptors (Lipinski definition) is 2. The Kier molecular flexibility index (Phi) is 3.85. The van der Waals surface area contributed by atoms with Crippen molar-refractivity contribution in [1.82, 2.24) is 5.32 Å². The number of aryl methyl sites for hydroxylation is 1. The van der Waals surface area contributed by atoms with Crippen LogP contribution in [-0.4, -0.2) is 25.3 Å². The molecule has 2 heteroatoms. The third-order valence-corrected chi connectivity index (χ3v) is 3.86. The number of ether oxygens (including phenoxy) is 1. The first-order valence-corrected chi connectivity index (χ1v) is 6.51. The number of hydrogen-bond donors (Lipinski definition) is 1. The molecule has 1 heterocycles. The second-order valence-corrected chi connectivity index (χ2v) is 5.30. The highest BCUT2D eigenvalue weighted by Gasteiger charge is 2.37. The second-order valence-electron chi connectivity index (χ2n) is 5.30. The molecule has 94 valence electrons. The van der Waals surface area contributed by atoms with Gasteiger partial charge in [-0.05, 0) is 45.7 Å². The monoisotopic (exact) mass is 233 g/mol. The van der Waals surface area contributed by atoms with Crippen molar-refractivity contribution in [3.05, 3.63) is 35.4 Å². The zero-order chi connectivity index (χ0) is 12.3. The molecule has 0 amide bonds. The molecule has 2 rings (SSSR count). The second kappa shape index (κ2) is 5.19. The summed E-state index contributed by atoms with van der Waals surface area (Å²) in [6.45, 7) is 5.28. The zero-order valence-electron chi connectivity index (χ0n) is 11.1. The lowest BCUT2D eigenvalue weighted by Crippen LogP contribution is -2.48. The summed E-state index contributed by atoms with van der Waals surface area (Å²) in [7, 11) is 2.04. The standard InChI is InChI=1S/C15H23NO/c1-12-6-4-7-13(10-12)11-14(16-3)15(2)8-5-9-17-15/h4,6-7,10,14,16H,5,8-9,11H2,1-3H3. The van der Waals surface area contributed by atoms with Crippen LogP contribution in [0.5, 0.6) is 0 Å². The van der Waals surface area contributed by atoms with Gasteiger partial charge < -0.3 is 10.1 Å². The Hall–Kier alpha value is -0.860. The average molecular weight is 233 g/mol. The highest BCUT2D eigenvalue weighted by atomic mass is 16.5. The van der Waals surface area contributed by atoms with E-state index in [4.69, 9.17) is 4.74 Å². The number of likely N-dealkylation sites (N-methyl/N-ethyl adjacent to an activating group) is 1. The largest absolute Gasteiger partial charge is 0.374 e. The van der Waals surface area contributed by atoms with Gasteiger partial charge in [0.1, 0.15) is 0 Å². The van der Waals surface area contributed by atoms with E-state index in [1.807, 2.05) is 7.05 Å². The van der Waals surface area contributed by atoms with Crippen molar-refractivity contribution in [2.75, 3.05) is 13.7 Å². The molecule has 1 N–H and O–H groups in total. The summed E-state index contributed by atoms with van der Waals surface area (Å²) in [5, 5.41) is 3.43. The molecule has 1 aromatic carbocycles. The average Bonchev–Trinajstić information content (AvgIpc) is 2.74. The lowest BCUT2D eigenvalue weighted by atomic mass is 9.88. The van der Waals surface area contributed by atoms with E-state index in [9.17, 15) is 0 Å². The van der Waals surface area contributed by atoms with Gasteiger partial charge >= 0.3 is 0 Å². The van der Waals surface area contributed by atoms with Crippen molar-refractivity contribution in [3.63, 3.8) is 0 Å². The summed E-state index contributed by atoms with van der Waals surface area (Å²) in [5.74, 6) is 0. The first kappa shape index (κ1) is 12.6. The molecule has 2 nitrogen and oxygen atoms in total. The van der Waals surface area contributed by atoms with Gasteiger partial charge in [0, 0.05) is 12.6 Å². The Bertz CT molecular complexity index is 369. The van der Waals surface area contributed by atoms with E-state index >= 15 is 0 Å². The van der Waals surface area contributed by atoms with Crippen molar-refractivity contribution >= 4 is 0 Å². The molecule has 0 saturated carbocycles. The molecular weight excluding hydrogens is 210 g/mol. The summed E-state index contributed by atoms with van der Waals surface area (Å²) in [6, 6.07) is 9.14. The summed E-state index contributed by atoms with van der Waals surface area (Å²) >= 11 is 0. The van der Waals surface area contributed by atoms with Gasteiger partial charge in [-0.2, -0.15) is 0 Å². The van der Waals surface area contributed by atoms with Crippen LogP contribution >= 0.6 is 0 Å². The molecule has 2 atom stereocenters. The van der Waals surface area contributed by atoms with Gasteiger partial charge in [-0.1, -0.05) is 29.8 Å². The molecular formula is C15H23NO. The number of benzene rings is 1. The molecule has 2 unspecified atom stereocenters. The fourth-order valence-electron chi connectivity index (χ4n) is 2.77. The molecule has 0 radical (unpaired) electrons. The van der Waals surface area contributed by atoms with Crippen LogP contribution in [0.2, 0.25) is 0 Å². The van der Waals surface area contributed by atoms with E-state index in [1.165, 1.54) is 17.5 Å². The smallest absolute Gasteiger partial charge is 0.0810 e. The minimum atomic E-state index is -0.00149. The van der Waals surface area contributed by atoms with Crippen LogP contribution < -0.4 is 5.32 Å². The fraction of sp³-hybridized carbons (Fsp3) is 0.600. The molecule has 1 saturated heterocycles. The summed E-state index contributed by atoms with van der Waals surface area (Å²) < 4.78 is 5.93. The highest BCUT2D eigenvalue weighted by molar-refractivity contribution is 5.23. The van der Waals surface area contributed by atoms with Crippen LogP contribution in [0.25, 0.3) is 0 Å². The summed E-state index contributed by atoms with van der Waals surface area (Å²) in [5.41, 5.74) is 2.72. The Labute approximate surface area is 104 Å². The van der Waals surface area contributed by atoms with Gasteiger partial charge in [-0.15, -0.1) is 0 Å². The quantitative estimate of drug-likeness (QED) is 0.863. The first-order chi connectivity index (χ1) is 8.14. The van der Waals surface area contributed by atoms with E-state index in [1.54, 1.807) is 0 Å². The van der Waals surface area contributed by atoms with Gasteiger partial charge in [0.15, 0.2) is 0 Å². The molecule has 0 spiro atoms. The van der Waals surface area contributed by atoms with E-state index < -0.39 is 0 Å². The Morgan fingerprint density at radius 1 is 1.47 bits per heavy atom. The predicted molar refractivity (Wildman–Crippen MR) is 71.3 cm³/mol. The van der Waals surface area contributed by atoms with Crippen molar-refractivity contribution in [2.24, 2.45) is 0 Å². The minimum Gasteiger partial charge on any atom is -0.374 e. The molecule has 0 bridgehead atoms. The van der Waals surface area contributed by atoms with E-state index in [0.717, 1.165) is 19.4 Å². The van der Waals surface area contributed by atoms with Crippen molar-refractivity contribution < 1.29 is 4.74 Å². The van der Waals surface area contributed by atoms with E-state index in [-0.39, 0.29) is 5.60 Å². The lowest BCUT2D eigenvalue weighted by molar-refractivity contribution is -0.00943. The van der Waals surface area contributed by atoms with Crippen LogP contribution in [-0.2, 0) is 11.2 Å². The first-order valence-electron chi connectivity index (χ1n) is 6.51. The van der Waals surface area contributed by atoms with E-state index in [2.05, 4.69) is 43.4 Å². The van der Waals surface area contributed by atoms with E-state index in [0.29, 0.717) is 6.04 Å². The fourth-order valence-corrected chi connectivity index (χ4v) is 2.77. The normalized spacial score (nSPS) is 26.1. The maximum atomic E-state index is 5.93. The molecule has 1 fully saturated rings. The zero-order valence-corrected chi connectivity index (χ0v) is 11.1. The molecule has 0 aliphatic carbocycles. The van der Waals surface area contributed by atoms with Crippen molar-refractivity contribution in [1.29, 1.82) is 0 Å². The molecule has 1 aliphatic heterocycles. The molecule has 1 aromatic rings. The third kappa shape index (κ3) is 2.88. The predicted octanol–water partition coefficient (Wildman–Crippen LogP) is 2.69. The summed E-state index contributed by atoms with van der Waals surface area (Å²) in [4.78, 5) is 0.